The molecule has 5 unspecified atom stereocenters. The Balaban J connectivity index is 1.34. The van der Waals surface area contributed by atoms with Crippen molar-refractivity contribution in [2.24, 2.45) is 28.6 Å². The van der Waals surface area contributed by atoms with Crippen molar-refractivity contribution in [2.75, 3.05) is 13.2 Å². The smallest absolute Gasteiger partial charge is 0.172 e. The van der Waals surface area contributed by atoms with Gasteiger partial charge in [0, 0.05) is 25.2 Å². The van der Waals surface area contributed by atoms with Crippen LogP contribution >= 0.6 is 0 Å². The van der Waals surface area contributed by atoms with Crippen LogP contribution in [0.5, 0.6) is 0 Å². The van der Waals surface area contributed by atoms with Gasteiger partial charge in [-0.15, -0.1) is 0 Å². The van der Waals surface area contributed by atoms with Crippen LogP contribution < -0.4 is 0 Å². The van der Waals surface area contributed by atoms with Crippen molar-refractivity contribution in [2.45, 2.75) is 71.5 Å². The van der Waals surface area contributed by atoms with Crippen molar-refractivity contribution >= 4 is 5.57 Å². The van der Waals surface area contributed by atoms with Gasteiger partial charge in [-0.05, 0) is 84.8 Å². The second-order valence-corrected chi connectivity index (χ2v) is 11.1. The average Bonchev–Trinajstić information content (AvgIpc) is 3.35. The van der Waals surface area contributed by atoms with E-state index in [-0.39, 0.29) is 5.79 Å². The number of aromatic nitrogens is 1. The molecule has 160 valence electrons. The minimum absolute atomic E-state index is 0.298. The highest BCUT2D eigenvalue weighted by Gasteiger charge is 2.59. The molecule has 0 N–H and O–H groups in total. The normalized spacial score (nSPS) is 42.0. The second-order valence-electron chi connectivity index (χ2n) is 11.1. The van der Waals surface area contributed by atoms with E-state index in [1.54, 1.807) is 16.7 Å². The Labute approximate surface area is 180 Å². The quantitative estimate of drug-likeness (QED) is 0.524. The molecule has 1 saturated heterocycles. The van der Waals surface area contributed by atoms with E-state index >= 15 is 0 Å². The van der Waals surface area contributed by atoms with Gasteiger partial charge in [-0.3, -0.25) is 4.98 Å². The zero-order valence-corrected chi connectivity index (χ0v) is 18.7. The topological polar surface area (TPSA) is 31.4 Å². The molecule has 0 aromatic carbocycles. The summed E-state index contributed by atoms with van der Waals surface area (Å²) in [4.78, 5) is 4.42. The molecule has 5 aliphatic rings. The summed E-state index contributed by atoms with van der Waals surface area (Å²) in [5.41, 5.74) is 6.84. The summed E-state index contributed by atoms with van der Waals surface area (Å²) >= 11 is 0. The molecule has 5 atom stereocenters. The Bertz CT molecular complexity index is 912. The van der Waals surface area contributed by atoms with Crippen LogP contribution in [0.2, 0.25) is 0 Å². The number of hydrogen-bond acceptors (Lipinski definition) is 3. The maximum Gasteiger partial charge on any atom is 0.172 e. The number of rotatable bonds is 1. The molecule has 30 heavy (non-hydrogen) atoms. The molecule has 6 rings (SSSR count). The molecule has 0 bridgehead atoms. The number of fused-ring (bicyclic) bond motifs is 5. The molecule has 2 heterocycles. The van der Waals surface area contributed by atoms with Crippen LogP contribution in [0.15, 0.2) is 41.7 Å². The minimum Gasteiger partial charge on any atom is -0.347 e. The first kappa shape index (κ1) is 19.3. The standard InChI is InChI=1S/C27H35NO2/c1-18-15-20-22-7-6-21(19-5-4-12-28-17-19)25(22,2)9-8-23(20)26(3)10-11-27(16-24(18)26)29-13-14-30-27/h4-6,12,17,20,22-23H,7-11,13-16H2,1-3H3. The number of nitrogens with zero attached hydrogens (tertiary/aromatic N) is 1. The van der Waals surface area contributed by atoms with Gasteiger partial charge in [0.25, 0.3) is 0 Å². The summed E-state index contributed by atoms with van der Waals surface area (Å²) in [5.74, 6) is 2.04. The zero-order valence-electron chi connectivity index (χ0n) is 18.7. The van der Waals surface area contributed by atoms with Gasteiger partial charge in [-0.2, -0.15) is 0 Å². The summed E-state index contributed by atoms with van der Waals surface area (Å²) in [6.07, 6.45) is 14.9. The van der Waals surface area contributed by atoms with Crippen LogP contribution in [-0.2, 0) is 9.47 Å². The number of allylic oxidation sites excluding steroid dienone is 3. The maximum atomic E-state index is 6.14. The molecule has 1 aromatic heterocycles. The highest BCUT2D eigenvalue weighted by molar-refractivity contribution is 5.72. The number of pyridine rings is 1. The molecular formula is C27H35NO2. The molecule has 3 fully saturated rings. The Morgan fingerprint density at radius 3 is 2.63 bits per heavy atom. The van der Waals surface area contributed by atoms with Crippen LogP contribution in [0.4, 0.5) is 0 Å². The fraction of sp³-hybridized carbons (Fsp3) is 0.667. The van der Waals surface area contributed by atoms with Crippen molar-refractivity contribution in [3.63, 3.8) is 0 Å². The van der Waals surface area contributed by atoms with E-state index in [0.29, 0.717) is 10.8 Å². The molecule has 1 aliphatic heterocycles. The van der Waals surface area contributed by atoms with E-state index in [9.17, 15) is 0 Å². The van der Waals surface area contributed by atoms with Crippen molar-refractivity contribution in [1.82, 2.24) is 4.98 Å². The van der Waals surface area contributed by atoms with Gasteiger partial charge < -0.3 is 9.47 Å². The average molecular weight is 406 g/mol. The Morgan fingerprint density at radius 2 is 1.87 bits per heavy atom. The van der Waals surface area contributed by atoms with E-state index in [2.05, 4.69) is 50.2 Å². The highest BCUT2D eigenvalue weighted by Crippen LogP contribution is 2.68. The fourth-order valence-electron chi connectivity index (χ4n) is 8.33. The van der Waals surface area contributed by atoms with Gasteiger partial charge >= 0.3 is 0 Å². The molecule has 4 aliphatic carbocycles. The van der Waals surface area contributed by atoms with E-state index < -0.39 is 0 Å². The maximum absolute atomic E-state index is 6.14. The van der Waals surface area contributed by atoms with Crippen LogP contribution in [0.1, 0.15) is 71.3 Å². The summed E-state index contributed by atoms with van der Waals surface area (Å²) < 4.78 is 12.3. The molecule has 3 nitrogen and oxygen atoms in total. The summed E-state index contributed by atoms with van der Waals surface area (Å²) in [7, 11) is 0. The van der Waals surface area contributed by atoms with E-state index in [4.69, 9.17) is 9.47 Å². The molecule has 3 heteroatoms. The summed E-state index contributed by atoms with van der Waals surface area (Å²) in [6, 6.07) is 4.34. The van der Waals surface area contributed by atoms with E-state index in [0.717, 1.165) is 43.8 Å². The first-order valence-corrected chi connectivity index (χ1v) is 12.0. The van der Waals surface area contributed by atoms with Gasteiger partial charge in [-0.1, -0.05) is 37.1 Å². The number of ether oxygens (including phenoxy) is 2. The van der Waals surface area contributed by atoms with E-state index in [1.807, 2.05) is 6.20 Å². The second kappa shape index (κ2) is 6.53. The predicted octanol–water partition coefficient (Wildman–Crippen LogP) is 6.17. The van der Waals surface area contributed by atoms with Crippen LogP contribution in [0, 0.1) is 28.6 Å². The Morgan fingerprint density at radius 1 is 1.03 bits per heavy atom. The van der Waals surface area contributed by atoms with Gasteiger partial charge in [0.05, 0.1) is 13.2 Å². The van der Waals surface area contributed by atoms with Gasteiger partial charge in [0.2, 0.25) is 0 Å². The molecular weight excluding hydrogens is 370 g/mol. The summed E-state index contributed by atoms with van der Waals surface area (Å²) in [6.45, 7) is 9.06. The third kappa shape index (κ3) is 2.54. The van der Waals surface area contributed by atoms with Crippen LogP contribution in [-0.4, -0.2) is 24.0 Å². The lowest BCUT2D eigenvalue weighted by Crippen LogP contribution is -2.52. The third-order valence-corrected chi connectivity index (χ3v) is 9.84. The monoisotopic (exact) mass is 405 g/mol. The van der Waals surface area contributed by atoms with Gasteiger partial charge in [-0.25, -0.2) is 0 Å². The van der Waals surface area contributed by atoms with E-state index in [1.165, 1.54) is 37.7 Å². The van der Waals surface area contributed by atoms with Crippen molar-refractivity contribution < 1.29 is 9.47 Å². The lowest BCUT2D eigenvalue weighted by molar-refractivity contribution is -0.185. The third-order valence-electron chi connectivity index (χ3n) is 9.84. The largest absolute Gasteiger partial charge is 0.347 e. The lowest BCUT2D eigenvalue weighted by atomic mass is 9.46. The number of hydrogen-bond donors (Lipinski definition) is 0. The van der Waals surface area contributed by atoms with Crippen molar-refractivity contribution in [3.05, 3.63) is 47.3 Å². The summed E-state index contributed by atoms with van der Waals surface area (Å²) in [5, 5.41) is 0. The van der Waals surface area contributed by atoms with Gasteiger partial charge in [0.1, 0.15) is 0 Å². The molecule has 1 spiro atoms. The first-order valence-electron chi connectivity index (χ1n) is 12.0. The Hall–Kier alpha value is -1.45. The van der Waals surface area contributed by atoms with Crippen LogP contribution in [0.3, 0.4) is 0 Å². The molecule has 0 amide bonds. The fourth-order valence-corrected chi connectivity index (χ4v) is 8.33. The van der Waals surface area contributed by atoms with Crippen molar-refractivity contribution in [3.8, 4) is 0 Å². The zero-order chi connectivity index (χ0) is 20.6. The molecule has 0 radical (unpaired) electrons. The predicted molar refractivity (Wildman–Crippen MR) is 119 cm³/mol. The highest BCUT2D eigenvalue weighted by atomic mass is 16.7. The van der Waals surface area contributed by atoms with Crippen LogP contribution in [0.25, 0.3) is 5.57 Å². The minimum atomic E-state index is -0.311. The molecule has 2 saturated carbocycles. The Kier molecular flexibility index (Phi) is 4.19. The SMILES string of the molecule is CC1=C2CC3(CCC2(C)C2CCC4(C)C(c5cccnc5)=CCC4C2C1)OCCO3. The molecule has 1 aromatic rings. The van der Waals surface area contributed by atoms with Crippen molar-refractivity contribution in [1.29, 1.82) is 0 Å². The van der Waals surface area contributed by atoms with Gasteiger partial charge in [0.15, 0.2) is 5.79 Å². The lowest BCUT2D eigenvalue weighted by Gasteiger charge is -2.59. The first-order chi connectivity index (χ1) is 14.5.